The van der Waals surface area contributed by atoms with Crippen LogP contribution in [0.2, 0.25) is 5.02 Å². The minimum absolute atomic E-state index is 0.0718. The SMILES string of the molecule is O=C1c2cc(Cl)c([N+](=O)[O-])cc2CN1CC1OCC(N2C(=O)c3ccccc3C2=O)CO1. The molecule has 0 radical (unpaired) electrons. The average molecular weight is 458 g/mol. The van der Waals surface area contributed by atoms with Crippen LogP contribution >= 0.6 is 11.6 Å². The molecule has 3 amide bonds. The number of ether oxygens (including phenoxy) is 2. The number of carbonyl (C=O) groups excluding carboxylic acids is 3. The highest BCUT2D eigenvalue weighted by Crippen LogP contribution is 2.33. The van der Waals surface area contributed by atoms with Crippen molar-refractivity contribution in [3.63, 3.8) is 0 Å². The summed E-state index contributed by atoms with van der Waals surface area (Å²) in [4.78, 5) is 51.0. The van der Waals surface area contributed by atoms with Crippen LogP contribution in [0.3, 0.4) is 0 Å². The standard InChI is InChI=1S/C21H16ClN3O7/c22-16-6-15-11(5-17(16)25(29)30)7-23(19(15)26)8-18-31-9-12(10-32-18)24-20(27)13-3-1-2-4-14(13)21(24)28/h1-6,12,18H,7-10H2. The van der Waals surface area contributed by atoms with Gasteiger partial charge < -0.3 is 14.4 Å². The Balaban J connectivity index is 1.23. The van der Waals surface area contributed by atoms with Crippen LogP contribution in [0.15, 0.2) is 36.4 Å². The zero-order chi connectivity index (χ0) is 22.6. The Morgan fingerprint density at radius 3 is 2.22 bits per heavy atom. The molecule has 0 saturated carbocycles. The van der Waals surface area contributed by atoms with E-state index in [4.69, 9.17) is 21.1 Å². The lowest BCUT2D eigenvalue weighted by Gasteiger charge is -2.35. The molecule has 5 rings (SSSR count). The zero-order valence-electron chi connectivity index (χ0n) is 16.5. The van der Waals surface area contributed by atoms with Crippen LogP contribution in [0.5, 0.6) is 0 Å². The van der Waals surface area contributed by atoms with Crippen molar-refractivity contribution < 1.29 is 28.8 Å². The van der Waals surface area contributed by atoms with E-state index in [0.29, 0.717) is 22.3 Å². The van der Waals surface area contributed by atoms with Gasteiger partial charge in [-0.3, -0.25) is 29.4 Å². The Morgan fingerprint density at radius 2 is 1.62 bits per heavy atom. The van der Waals surface area contributed by atoms with Crippen molar-refractivity contribution in [3.8, 4) is 0 Å². The second kappa shape index (κ2) is 7.66. The molecule has 2 aromatic rings. The molecular weight excluding hydrogens is 442 g/mol. The number of nitro benzene ring substituents is 1. The molecule has 3 heterocycles. The normalized spacial score (nSPS) is 22.3. The largest absolute Gasteiger partial charge is 0.349 e. The van der Waals surface area contributed by atoms with Crippen molar-refractivity contribution in [1.82, 2.24) is 9.80 Å². The van der Waals surface area contributed by atoms with Gasteiger partial charge in [0.05, 0.1) is 41.9 Å². The van der Waals surface area contributed by atoms with Crippen LogP contribution in [0, 0.1) is 10.1 Å². The van der Waals surface area contributed by atoms with Crippen molar-refractivity contribution >= 4 is 35.0 Å². The summed E-state index contributed by atoms with van der Waals surface area (Å²) in [6.07, 6.45) is -0.759. The number of nitrogens with zero attached hydrogens (tertiary/aromatic N) is 3. The average Bonchev–Trinajstić information content (AvgIpc) is 3.22. The van der Waals surface area contributed by atoms with E-state index in [1.54, 1.807) is 24.3 Å². The van der Waals surface area contributed by atoms with E-state index in [1.807, 2.05) is 0 Å². The molecule has 0 spiro atoms. The van der Waals surface area contributed by atoms with Gasteiger partial charge in [0.25, 0.3) is 23.4 Å². The number of amides is 3. The molecule has 0 bridgehead atoms. The molecule has 1 fully saturated rings. The quantitative estimate of drug-likeness (QED) is 0.392. The van der Waals surface area contributed by atoms with Crippen LogP contribution in [0.4, 0.5) is 5.69 Å². The lowest BCUT2D eigenvalue weighted by atomic mass is 10.1. The molecule has 3 aliphatic heterocycles. The fourth-order valence-electron chi connectivity index (χ4n) is 4.18. The van der Waals surface area contributed by atoms with E-state index in [0.717, 1.165) is 4.90 Å². The monoisotopic (exact) mass is 457 g/mol. The smallest absolute Gasteiger partial charge is 0.288 e. The second-order valence-electron chi connectivity index (χ2n) is 7.68. The van der Waals surface area contributed by atoms with E-state index in [9.17, 15) is 24.5 Å². The minimum Gasteiger partial charge on any atom is -0.349 e. The Kier molecular flexibility index (Phi) is 4.92. The summed E-state index contributed by atoms with van der Waals surface area (Å²) in [5, 5.41) is 11.0. The third-order valence-electron chi connectivity index (χ3n) is 5.76. The summed E-state index contributed by atoms with van der Waals surface area (Å²) in [5.41, 5.74) is 1.26. The summed E-state index contributed by atoms with van der Waals surface area (Å²) < 4.78 is 11.4. The maximum Gasteiger partial charge on any atom is 0.288 e. The summed E-state index contributed by atoms with van der Waals surface area (Å²) in [6, 6.07) is 8.64. The first-order valence-corrected chi connectivity index (χ1v) is 10.2. The minimum atomic E-state index is -0.759. The van der Waals surface area contributed by atoms with Crippen LogP contribution in [-0.4, -0.2) is 64.5 Å². The van der Waals surface area contributed by atoms with Crippen LogP contribution < -0.4 is 0 Å². The summed E-state index contributed by atoms with van der Waals surface area (Å²) in [6.45, 7) is 0.399. The highest BCUT2D eigenvalue weighted by atomic mass is 35.5. The maximum absolute atomic E-state index is 12.7. The molecular formula is C21H16ClN3O7. The predicted molar refractivity (Wildman–Crippen MR) is 109 cm³/mol. The van der Waals surface area contributed by atoms with E-state index < -0.39 is 17.3 Å². The van der Waals surface area contributed by atoms with Crippen LogP contribution in [0.1, 0.15) is 36.6 Å². The fraction of sp³-hybridized carbons (Fsp3) is 0.286. The number of nitro groups is 1. The zero-order valence-corrected chi connectivity index (χ0v) is 17.3. The van der Waals surface area contributed by atoms with Gasteiger partial charge in [0.2, 0.25) is 0 Å². The van der Waals surface area contributed by atoms with E-state index in [1.165, 1.54) is 17.0 Å². The van der Waals surface area contributed by atoms with Crippen LogP contribution in [-0.2, 0) is 16.0 Å². The summed E-state index contributed by atoms with van der Waals surface area (Å²) in [7, 11) is 0. The number of rotatable bonds is 4. The molecule has 164 valence electrons. The van der Waals surface area contributed by atoms with Gasteiger partial charge in [-0.15, -0.1) is 0 Å². The number of benzene rings is 2. The van der Waals surface area contributed by atoms with Crippen molar-refractivity contribution in [2.45, 2.75) is 18.9 Å². The first-order chi connectivity index (χ1) is 15.3. The predicted octanol–water partition coefficient (Wildman–Crippen LogP) is 2.24. The van der Waals surface area contributed by atoms with Gasteiger partial charge in [-0.2, -0.15) is 0 Å². The van der Waals surface area contributed by atoms with Gasteiger partial charge in [-0.1, -0.05) is 23.7 Å². The van der Waals surface area contributed by atoms with Gasteiger partial charge in [0, 0.05) is 18.2 Å². The first-order valence-electron chi connectivity index (χ1n) is 9.81. The Morgan fingerprint density at radius 1 is 1.00 bits per heavy atom. The molecule has 0 unspecified atom stereocenters. The van der Waals surface area contributed by atoms with Crippen molar-refractivity contribution in [2.24, 2.45) is 0 Å². The van der Waals surface area contributed by atoms with Gasteiger partial charge in [0.1, 0.15) is 5.02 Å². The van der Waals surface area contributed by atoms with Gasteiger partial charge in [-0.05, 0) is 23.8 Å². The number of carbonyl (C=O) groups is 3. The van der Waals surface area contributed by atoms with Crippen LogP contribution in [0.25, 0.3) is 0 Å². The highest BCUT2D eigenvalue weighted by molar-refractivity contribution is 6.33. The molecule has 0 aromatic heterocycles. The first kappa shape index (κ1) is 20.6. The lowest BCUT2D eigenvalue weighted by Crippen LogP contribution is -2.51. The van der Waals surface area contributed by atoms with Crippen molar-refractivity contribution in [1.29, 1.82) is 0 Å². The third kappa shape index (κ3) is 3.24. The summed E-state index contributed by atoms with van der Waals surface area (Å²) in [5.74, 6) is -1.10. The Labute approximate surface area is 186 Å². The van der Waals surface area contributed by atoms with Gasteiger partial charge >= 0.3 is 0 Å². The maximum atomic E-state index is 12.7. The van der Waals surface area contributed by atoms with E-state index >= 15 is 0 Å². The van der Waals surface area contributed by atoms with Crippen molar-refractivity contribution in [2.75, 3.05) is 19.8 Å². The molecule has 32 heavy (non-hydrogen) atoms. The lowest BCUT2D eigenvalue weighted by molar-refractivity contribution is -0.384. The molecule has 11 heteroatoms. The molecule has 3 aliphatic rings. The molecule has 0 aliphatic carbocycles. The number of imide groups is 1. The Hall–Kier alpha value is -3.34. The number of fused-ring (bicyclic) bond motifs is 2. The Bertz CT molecular complexity index is 1140. The van der Waals surface area contributed by atoms with Crippen molar-refractivity contribution in [3.05, 3.63) is 73.8 Å². The number of hydrogen-bond donors (Lipinski definition) is 0. The van der Waals surface area contributed by atoms with E-state index in [2.05, 4.69) is 0 Å². The third-order valence-corrected chi connectivity index (χ3v) is 6.06. The van der Waals surface area contributed by atoms with Gasteiger partial charge in [-0.25, -0.2) is 0 Å². The molecule has 2 aromatic carbocycles. The number of halogens is 1. The van der Waals surface area contributed by atoms with Gasteiger partial charge in [0.15, 0.2) is 6.29 Å². The molecule has 1 saturated heterocycles. The molecule has 0 atom stereocenters. The topological polar surface area (TPSA) is 119 Å². The molecule has 0 N–H and O–H groups in total. The number of hydrogen-bond acceptors (Lipinski definition) is 7. The molecule has 10 nitrogen and oxygen atoms in total. The summed E-state index contributed by atoms with van der Waals surface area (Å²) >= 11 is 5.92. The second-order valence-corrected chi connectivity index (χ2v) is 8.09. The highest BCUT2D eigenvalue weighted by Gasteiger charge is 2.42. The fourth-order valence-corrected chi connectivity index (χ4v) is 4.41. The van der Waals surface area contributed by atoms with E-state index in [-0.39, 0.29) is 54.7 Å².